The summed E-state index contributed by atoms with van der Waals surface area (Å²) in [6, 6.07) is 0. The molecule has 0 aromatic heterocycles. The monoisotopic (exact) mass is 983 g/mol. The summed E-state index contributed by atoms with van der Waals surface area (Å²) in [6.45, 7) is 2.11. The standard InChI is InChI=1S/C48H87O18P/c1-3-5-7-9-11-13-15-17-18-19-21-22-24-26-28-30-37(50)61-33-35(63-38(51)31-29-27-25-23-20-16-14-12-10-8-6-4-2)34-62-67(59,60)66-47-44(57)42(55)41(54)43(56)46(47)65-48-45(58)40(53)39(52)36(32-49)64-48/h24,26,28,30,35-36,39-49,52-58H,3-23,25,27,29,31-34H2,1-2H3,(H,59,60). The van der Waals surface area contributed by atoms with E-state index in [9.17, 15) is 59.9 Å². The van der Waals surface area contributed by atoms with Gasteiger partial charge in [0.1, 0.15) is 67.6 Å². The number of phosphoric ester groups is 1. The van der Waals surface area contributed by atoms with Gasteiger partial charge < -0.3 is 64.7 Å². The molecule has 0 aromatic rings. The number of aliphatic hydroxyl groups excluding tert-OH is 8. The maximum atomic E-state index is 13.4. The third kappa shape index (κ3) is 25.2. The summed E-state index contributed by atoms with van der Waals surface area (Å²) in [5.41, 5.74) is 0. The smallest absolute Gasteiger partial charge is 0.458 e. The summed E-state index contributed by atoms with van der Waals surface area (Å²) in [6.07, 6.45) is 10.5. The molecule has 0 aromatic carbocycles. The molecule has 0 spiro atoms. The number of unbranched alkanes of at least 4 members (excludes halogenated alkanes) is 22. The average molecular weight is 983 g/mol. The highest BCUT2D eigenvalue weighted by molar-refractivity contribution is 7.47. The second-order valence-electron chi connectivity index (χ2n) is 18.1. The molecule has 0 bridgehead atoms. The predicted octanol–water partition coefficient (Wildman–Crippen LogP) is 5.49. The van der Waals surface area contributed by atoms with Crippen LogP contribution in [0.3, 0.4) is 0 Å². The third-order valence-corrected chi connectivity index (χ3v) is 13.2. The van der Waals surface area contributed by atoms with Crippen LogP contribution >= 0.6 is 7.82 Å². The number of ether oxygens (including phenoxy) is 4. The van der Waals surface area contributed by atoms with Crippen molar-refractivity contribution in [3.8, 4) is 0 Å². The second kappa shape index (κ2) is 36.1. The van der Waals surface area contributed by atoms with Crippen LogP contribution in [0.1, 0.15) is 174 Å². The van der Waals surface area contributed by atoms with Crippen LogP contribution < -0.4 is 0 Å². The summed E-state index contributed by atoms with van der Waals surface area (Å²) in [5, 5.41) is 82.8. The van der Waals surface area contributed by atoms with Crippen molar-refractivity contribution in [3.05, 3.63) is 24.3 Å². The third-order valence-electron chi connectivity index (χ3n) is 12.3. The molecular formula is C48H87O18P. The minimum atomic E-state index is -5.39. The Hall–Kier alpha value is -1.87. The fraction of sp³-hybridized carbons (Fsp3) is 0.875. The molecule has 19 heteroatoms. The zero-order chi connectivity index (χ0) is 49.5. The summed E-state index contributed by atoms with van der Waals surface area (Å²) in [4.78, 5) is 36.4. The van der Waals surface area contributed by atoms with Crippen molar-refractivity contribution in [2.75, 3.05) is 19.8 Å². The van der Waals surface area contributed by atoms with Gasteiger partial charge >= 0.3 is 19.8 Å². The fourth-order valence-corrected chi connectivity index (χ4v) is 9.06. The van der Waals surface area contributed by atoms with Crippen LogP contribution in [0, 0.1) is 0 Å². The summed E-state index contributed by atoms with van der Waals surface area (Å²) in [7, 11) is -5.39. The summed E-state index contributed by atoms with van der Waals surface area (Å²) < 4.78 is 45.2. The van der Waals surface area contributed by atoms with Crippen LogP contribution in [-0.4, -0.2) is 151 Å². The van der Waals surface area contributed by atoms with Gasteiger partial charge in [-0.2, -0.15) is 0 Å². The van der Waals surface area contributed by atoms with Gasteiger partial charge in [-0.15, -0.1) is 0 Å². The van der Waals surface area contributed by atoms with E-state index in [0.717, 1.165) is 44.9 Å². The lowest BCUT2D eigenvalue weighted by molar-refractivity contribution is -0.338. The first-order chi connectivity index (χ1) is 32.2. The Balaban J connectivity index is 1.98. The SMILES string of the molecule is CCCCCCCCCCCCCC=CC=CC(=O)OCC(COP(=O)(O)OC1C(O)C(O)C(O)C(O)C1OC1OC(CO)C(O)C(O)C1O)OC(=O)CCCCCCCCCCCCCC. The van der Waals surface area contributed by atoms with Crippen molar-refractivity contribution in [1.29, 1.82) is 0 Å². The van der Waals surface area contributed by atoms with Crippen molar-refractivity contribution in [1.82, 2.24) is 0 Å². The molecule has 9 N–H and O–H groups in total. The van der Waals surface area contributed by atoms with Gasteiger partial charge in [0.15, 0.2) is 12.4 Å². The van der Waals surface area contributed by atoms with E-state index in [1.165, 1.54) is 115 Å². The van der Waals surface area contributed by atoms with Crippen LogP contribution in [0.2, 0.25) is 0 Å². The van der Waals surface area contributed by atoms with Crippen molar-refractivity contribution in [3.63, 3.8) is 0 Å². The molecule has 13 atom stereocenters. The van der Waals surface area contributed by atoms with E-state index in [-0.39, 0.29) is 6.42 Å². The molecule has 1 saturated carbocycles. The Morgan fingerprint density at radius 1 is 0.597 bits per heavy atom. The Bertz CT molecular complexity index is 1400. The molecule has 13 unspecified atom stereocenters. The van der Waals surface area contributed by atoms with Gasteiger partial charge in [0.2, 0.25) is 0 Å². The quantitative estimate of drug-likeness (QED) is 0.0122. The van der Waals surface area contributed by atoms with Gasteiger partial charge in [-0.3, -0.25) is 13.8 Å². The van der Waals surface area contributed by atoms with E-state index >= 15 is 0 Å². The summed E-state index contributed by atoms with van der Waals surface area (Å²) in [5.74, 6) is -1.47. The maximum Gasteiger partial charge on any atom is 0.472 e. The number of phosphoric acid groups is 1. The van der Waals surface area contributed by atoms with E-state index in [2.05, 4.69) is 13.8 Å². The molecule has 2 fully saturated rings. The molecule has 67 heavy (non-hydrogen) atoms. The molecule has 1 aliphatic heterocycles. The first kappa shape index (κ1) is 61.3. The van der Waals surface area contributed by atoms with Crippen LogP contribution in [0.15, 0.2) is 24.3 Å². The van der Waals surface area contributed by atoms with Crippen LogP contribution in [-0.2, 0) is 42.1 Å². The Labute approximate surface area is 398 Å². The van der Waals surface area contributed by atoms with E-state index < -0.39 is 113 Å². The normalized spacial score (nSPS) is 28.2. The van der Waals surface area contributed by atoms with Gasteiger partial charge in [0, 0.05) is 12.5 Å². The number of rotatable bonds is 38. The summed E-state index contributed by atoms with van der Waals surface area (Å²) >= 11 is 0. The molecule has 1 aliphatic carbocycles. The van der Waals surface area contributed by atoms with E-state index in [1.807, 2.05) is 6.08 Å². The van der Waals surface area contributed by atoms with Crippen molar-refractivity contribution >= 4 is 19.8 Å². The highest BCUT2D eigenvalue weighted by Crippen LogP contribution is 2.48. The lowest BCUT2D eigenvalue weighted by atomic mass is 9.84. The average Bonchev–Trinajstić information content (AvgIpc) is 3.31. The molecule has 2 rings (SSSR count). The molecule has 1 saturated heterocycles. The number of esters is 2. The zero-order valence-corrected chi connectivity index (χ0v) is 41.1. The van der Waals surface area contributed by atoms with Crippen LogP contribution in [0.25, 0.3) is 0 Å². The van der Waals surface area contributed by atoms with Crippen LogP contribution in [0.4, 0.5) is 0 Å². The minimum absolute atomic E-state index is 0.0162. The number of carbonyl (C=O) groups excluding carboxylic acids is 2. The molecule has 0 amide bonds. The number of aliphatic hydroxyl groups is 8. The highest BCUT2D eigenvalue weighted by atomic mass is 31.2. The molecule has 0 radical (unpaired) electrons. The predicted molar refractivity (Wildman–Crippen MR) is 249 cm³/mol. The number of allylic oxidation sites excluding steroid dienone is 3. The Morgan fingerprint density at radius 3 is 1.60 bits per heavy atom. The highest BCUT2D eigenvalue weighted by Gasteiger charge is 2.55. The minimum Gasteiger partial charge on any atom is -0.458 e. The van der Waals surface area contributed by atoms with Crippen LogP contribution in [0.5, 0.6) is 0 Å². The fourth-order valence-electron chi connectivity index (χ4n) is 8.09. The van der Waals surface area contributed by atoms with Gasteiger partial charge in [0.05, 0.1) is 13.2 Å². The van der Waals surface area contributed by atoms with Gasteiger partial charge in [-0.1, -0.05) is 167 Å². The maximum absolute atomic E-state index is 13.4. The van der Waals surface area contributed by atoms with Gasteiger partial charge in [-0.25, -0.2) is 9.36 Å². The number of hydrogen-bond donors (Lipinski definition) is 9. The van der Waals surface area contributed by atoms with Gasteiger partial charge in [-0.05, 0) is 19.3 Å². The lowest BCUT2D eigenvalue weighted by Crippen LogP contribution is -2.67. The Morgan fingerprint density at radius 2 is 1.07 bits per heavy atom. The molecular weight excluding hydrogens is 895 g/mol. The lowest BCUT2D eigenvalue weighted by Gasteiger charge is -2.47. The van der Waals surface area contributed by atoms with E-state index in [0.29, 0.717) is 6.42 Å². The van der Waals surface area contributed by atoms with Crippen molar-refractivity contribution in [2.24, 2.45) is 0 Å². The van der Waals surface area contributed by atoms with Gasteiger partial charge in [0.25, 0.3) is 0 Å². The largest absolute Gasteiger partial charge is 0.472 e. The molecule has 2 aliphatic rings. The molecule has 392 valence electrons. The van der Waals surface area contributed by atoms with E-state index in [4.69, 9.17) is 28.0 Å². The first-order valence-electron chi connectivity index (χ1n) is 25.2. The van der Waals surface area contributed by atoms with Crippen molar-refractivity contribution in [2.45, 2.75) is 248 Å². The Kier molecular flexibility index (Phi) is 33.0. The molecule has 18 nitrogen and oxygen atoms in total. The first-order valence-corrected chi connectivity index (χ1v) is 26.7. The van der Waals surface area contributed by atoms with E-state index in [1.54, 1.807) is 6.08 Å². The second-order valence-corrected chi connectivity index (χ2v) is 19.5. The zero-order valence-electron chi connectivity index (χ0n) is 40.2. The topological polar surface area (TPSA) is 289 Å². The van der Waals surface area contributed by atoms with Crippen molar-refractivity contribution < 1.29 is 87.9 Å². The number of hydrogen-bond acceptors (Lipinski definition) is 17. The number of carbonyl (C=O) groups is 2. The molecule has 1 heterocycles.